The summed E-state index contributed by atoms with van der Waals surface area (Å²) in [4.78, 5) is 0. The molecule has 1 unspecified atom stereocenters. The lowest BCUT2D eigenvalue weighted by Crippen LogP contribution is -2.11. The molecule has 2 aromatic rings. The molecule has 0 saturated carbocycles. The topological polar surface area (TPSA) is 0 Å². The Hall–Kier alpha value is -0.930. The maximum Gasteiger partial charge on any atom is 0.126 e. The van der Waals surface area contributed by atoms with Crippen molar-refractivity contribution in [1.82, 2.24) is 0 Å². The third kappa shape index (κ3) is 4.03. The Balaban J connectivity index is 2.13. The van der Waals surface area contributed by atoms with E-state index in [1.807, 2.05) is 24.3 Å². The van der Waals surface area contributed by atoms with Crippen LogP contribution in [0.5, 0.6) is 0 Å². The third-order valence-electron chi connectivity index (χ3n) is 3.20. The zero-order chi connectivity index (χ0) is 14.5. The molecule has 0 heterocycles. The summed E-state index contributed by atoms with van der Waals surface area (Å²) in [5.74, 6) is -0.616. The maximum atomic E-state index is 13.7. The summed E-state index contributed by atoms with van der Waals surface area (Å²) in [6.07, 6.45) is 1.20. The fourth-order valence-corrected chi connectivity index (χ4v) is 2.84. The van der Waals surface area contributed by atoms with Crippen LogP contribution in [0.25, 0.3) is 0 Å². The predicted octanol–water partition coefficient (Wildman–Crippen LogP) is 5.41. The van der Waals surface area contributed by atoms with Gasteiger partial charge in [-0.25, -0.2) is 8.78 Å². The van der Waals surface area contributed by atoms with Crippen LogP contribution in [0, 0.1) is 17.6 Å². The van der Waals surface area contributed by atoms with E-state index in [1.165, 1.54) is 12.1 Å². The van der Waals surface area contributed by atoms with Crippen LogP contribution in [0.3, 0.4) is 0 Å². The molecule has 0 aliphatic heterocycles. The van der Waals surface area contributed by atoms with Gasteiger partial charge in [-0.1, -0.05) is 45.7 Å². The largest absolute Gasteiger partial charge is 0.207 e. The Bertz CT molecular complexity index is 586. The van der Waals surface area contributed by atoms with Crippen molar-refractivity contribution in [3.63, 3.8) is 0 Å². The minimum atomic E-state index is -0.410. The van der Waals surface area contributed by atoms with Crippen LogP contribution < -0.4 is 0 Å². The molecule has 0 aromatic heterocycles. The molecular weight excluding hydrogens is 346 g/mol. The second kappa shape index (κ2) is 7.19. The Labute approximate surface area is 130 Å². The summed E-state index contributed by atoms with van der Waals surface area (Å²) >= 11 is 9.57. The Morgan fingerprint density at radius 1 is 1.00 bits per heavy atom. The van der Waals surface area contributed by atoms with Crippen LogP contribution in [-0.4, -0.2) is 5.33 Å². The molecule has 20 heavy (non-hydrogen) atoms. The number of halogens is 4. The molecule has 0 fully saturated rings. The molecule has 0 nitrogen and oxygen atoms in total. The number of alkyl halides is 1. The van der Waals surface area contributed by atoms with Crippen LogP contribution in [0.15, 0.2) is 42.5 Å². The molecule has 2 aromatic carbocycles. The van der Waals surface area contributed by atoms with E-state index in [0.717, 1.165) is 18.1 Å². The van der Waals surface area contributed by atoms with Crippen molar-refractivity contribution in [3.05, 3.63) is 70.2 Å². The van der Waals surface area contributed by atoms with Crippen molar-refractivity contribution >= 4 is 27.5 Å². The van der Waals surface area contributed by atoms with Crippen molar-refractivity contribution in [2.75, 3.05) is 5.33 Å². The molecule has 4 heteroatoms. The molecule has 0 spiro atoms. The zero-order valence-electron chi connectivity index (χ0n) is 10.8. The van der Waals surface area contributed by atoms with Crippen LogP contribution in [0.1, 0.15) is 11.1 Å². The highest BCUT2D eigenvalue weighted by Gasteiger charge is 2.14. The lowest BCUT2D eigenvalue weighted by atomic mass is 9.94. The first-order valence-electron chi connectivity index (χ1n) is 6.33. The molecule has 106 valence electrons. The van der Waals surface area contributed by atoms with Gasteiger partial charge in [0.2, 0.25) is 0 Å². The minimum absolute atomic E-state index is 0.159. The number of hydrogen-bond acceptors (Lipinski definition) is 0. The van der Waals surface area contributed by atoms with Gasteiger partial charge in [-0.2, -0.15) is 0 Å². The highest BCUT2D eigenvalue weighted by molar-refractivity contribution is 9.09. The summed E-state index contributed by atoms with van der Waals surface area (Å²) < 4.78 is 26.9. The maximum absolute atomic E-state index is 13.7. The fourth-order valence-electron chi connectivity index (χ4n) is 2.17. The Morgan fingerprint density at radius 3 is 2.40 bits per heavy atom. The monoisotopic (exact) mass is 358 g/mol. The molecule has 0 aliphatic carbocycles. The molecular formula is C16H14BrClF2. The van der Waals surface area contributed by atoms with Gasteiger partial charge in [0, 0.05) is 10.4 Å². The molecule has 1 atom stereocenters. The van der Waals surface area contributed by atoms with Crippen LogP contribution >= 0.6 is 27.5 Å². The standard InChI is InChI=1S/C16H14BrClF2/c17-10-11(7-12-3-1-2-4-15(12)18)8-13-9-14(19)5-6-16(13)20/h1-6,9,11H,7-8,10H2. The molecule has 0 N–H and O–H groups in total. The lowest BCUT2D eigenvalue weighted by molar-refractivity contribution is 0.540. The van der Waals surface area contributed by atoms with E-state index < -0.39 is 5.82 Å². The molecule has 0 aliphatic rings. The van der Waals surface area contributed by atoms with Gasteiger partial charge in [0.1, 0.15) is 11.6 Å². The second-order valence-electron chi connectivity index (χ2n) is 4.76. The van der Waals surface area contributed by atoms with E-state index >= 15 is 0 Å². The predicted molar refractivity (Wildman–Crippen MR) is 82.5 cm³/mol. The van der Waals surface area contributed by atoms with Gasteiger partial charge in [-0.3, -0.25) is 0 Å². The highest BCUT2D eigenvalue weighted by Crippen LogP contribution is 2.23. The van der Waals surface area contributed by atoms with E-state index in [1.54, 1.807) is 0 Å². The van der Waals surface area contributed by atoms with Crippen molar-refractivity contribution in [1.29, 1.82) is 0 Å². The first kappa shape index (κ1) is 15.5. The van der Waals surface area contributed by atoms with Crippen LogP contribution in [0.2, 0.25) is 5.02 Å². The minimum Gasteiger partial charge on any atom is -0.207 e. The van der Waals surface area contributed by atoms with E-state index in [-0.39, 0.29) is 11.7 Å². The van der Waals surface area contributed by atoms with Gasteiger partial charge in [0.05, 0.1) is 0 Å². The fraction of sp³-hybridized carbons (Fsp3) is 0.250. The summed E-state index contributed by atoms with van der Waals surface area (Å²) in [6.45, 7) is 0. The Kier molecular flexibility index (Phi) is 5.55. The molecule has 0 saturated heterocycles. The first-order valence-corrected chi connectivity index (χ1v) is 7.83. The van der Waals surface area contributed by atoms with E-state index in [0.29, 0.717) is 22.3 Å². The molecule has 0 amide bonds. The average Bonchev–Trinajstić information content (AvgIpc) is 2.44. The third-order valence-corrected chi connectivity index (χ3v) is 4.49. The molecule has 2 rings (SSSR count). The summed E-state index contributed by atoms with van der Waals surface area (Å²) in [7, 11) is 0. The van der Waals surface area contributed by atoms with Gasteiger partial charge in [0.15, 0.2) is 0 Å². The summed E-state index contributed by atoms with van der Waals surface area (Å²) in [5.41, 5.74) is 1.43. The SMILES string of the molecule is Fc1ccc(F)c(CC(CBr)Cc2ccccc2Cl)c1. The van der Waals surface area contributed by atoms with E-state index in [2.05, 4.69) is 15.9 Å². The smallest absolute Gasteiger partial charge is 0.126 e. The van der Waals surface area contributed by atoms with Gasteiger partial charge in [-0.15, -0.1) is 0 Å². The van der Waals surface area contributed by atoms with Gasteiger partial charge in [0.25, 0.3) is 0 Å². The van der Waals surface area contributed by atoms with Gasteiger partial charge in [-0.05, 0) is 54.2 Å². The molecule has 0 bridgehead atoms. The average molecular weight is 360 g/mol. The van der Waals surface area contributed by atoms with Crippen molar-refractivity contribution in [2.45, 2.75) is 12.8 Å². The summed E-state index contributed by atoms with van der Waals surface area (Å²) in [5, 5.41) is 1.41. The first-order chi connectivity index (χ1) is 9.60. The van der Waals surface area contributed by atoms with Gasteiger partial charge >= 0.3 is 0 Å². The zero-order valence-corrected chi connectivity index (χ0v) is 13.1. The highest BCUT2D eigenvalue weighted by atomic mass is 79.9. The lowest BCUT2D eigenvalue weighted by Gasteiger charge is -2.15. The Morgan fingerprint density at radius 2 is 1.70 bits per heavy atom. The quantitative estimate of drug-likeness (QED) is 0.626. The number of hydrogen-bond donors (Lipinski definition) is 0. The van der Waals surface area contributed by atoms with E-state index in [4.69, 9.17) is 11.6 Å². The van der Waals surface area contributed by atoms with Crippen molar-refractivity contribution in [3.8, 4) is 0 Å². The molecule has 0 radical (unpaired) electrons. The van der Waals surface area contributed by atoms with Crippen LogP contribution in [0.4, 0.5) is 8.78 Å². The number of rotatable bonds is 5. The van der Waals surface area contributed by atoms with Crippen molar-refractivity contribution < 1.29 is 8.78 Å². The van der Waals surface area contributed by atoms with E-state index in [9.17, 15) is 8.78 Å². The second-order valence-corrected chi connectivity index (χ2v) is 5.81. The van der Waals surface area contributed by atoms with Crippen LogP contribution in [-0.2, 0) is 12.8 Å². The van der Waals surface area contributed by atoms with Crippen molar-refractivity contribution in [2.24, 2.45) is 5.92 Å². The summed E-state index contributed by atoms with van der Waals surface area (Å²) in [6, 6.07) is 11.2. The van der Waals surface area contributed by atoms with Gasteiger partial charge < -0.3 is 0 Å². The number of benzene rings is 2. The normalized spacial score (nSPS) is 12.4.